The van der Waals surface area contributed by atoms with Crippen molar-refractivity contribution in [3.8, 4) is 0 Å². The van der Waals surface area contributed by atoms with Gasteiger partial charge in [-0.3, -0.25) is 4.79 Å². The standard InChI is InChI=1S/C17H15FN2OS/c1-10-3-4-12(7-11(10)2)8-16(21)20-17-19-14-6-5-13(18)9-15(14)22-17/h3-7,9H,8H2,1-2H3,(H,19,20,21). The number of nitrogens with one attached hydrogen (secondary N) is 1. The van der Waals surface area contributed by atoms with Crippen LogP contribution in [-0.4, -0.2) is 10.9 Å². The summed E-state index contributed by atoms with van der Waals surface area (Å²) in [7, 11) is 0. The summed E-state index contributed by atoms with van der Waals surface area (Å²) in [6, 6.07) is 10.4. The van der Waals surface area contributed by atoms with Crippen molar-refractivity contribution in [2.75, 3.05) is 5.32 Å². The highest BCUT2D eigenvalue weighted by molar-refractivity contribution is 7.22. The number of benzene rings is 2. The van der Waals surface area contributed by atoms with Gasteiger partial charge in [-0.2, -0.15) is 0 Å². The lowest BCUT2D eigenvalue weighted by molar-refractivity contribution is -0.115. The number of nitrogens with zero attached hydrogens (tertiary/aromatic N) is 1. The van der Waals surface area contributed by atoms with Crippen LogP contribution >= 0.6 is 11.3 Å². The molecule has 0 unspecified atom stereocenters. The Balaban J connectivity index is 1.73. The second kappa shape index (κ2) is 5.85. The third-order valence-corrected chi connectivity index (χ3v) is 4.47. The molecule has 112 valence electrons. The van der Waals surface area contributed by atoms with E-state index in [0.29, 0.717) is 17.1 Å². The van der Waals surface area contributed by atoms with Gasteiger partial charge in [0.1, 0.15) is 5.82 Å². The summed E-state index contributed by atoms with van der Waals surface area (Å²) in [4.78, 5) is 16.4. The maximum absolute atomic E-state index is 13.2. The first-order valence-corrected chi connectivity index (χ1v) is 7.75. The Labute approximate surface area is 131 Å². The van der Waals surface area contributed by atoms with Crippen molar-refractivity contribution in [1.82, 2.24) is 4.98 Å². The molecular weight excluding hydrogens is 299 g/mol. The number of hydrogen-bond donors (Lipinski definition) is 1. The maximum Gasteiger partial charge on any atom is 0.230 e. The number of rotatable bonds is 3. The first kappa shape index (κ1) is 14.7. The molecule has 3 aromatic rings. The van der Waals surface area contributed by atoms with E-state index in [2.05, 4.69) is 10.3 Å². The topological polar surface area (TPSA) is 42.0 Å². The average Bonchev–Trinajstić information content (AvgIpc) is 2.84. The zero-order valence-corrected chi connectivity index (χ0v) is 13.1. The summed E-state index contributed by atoms with van der Waals surface area (Å²) in [6.07, 6.45) is 0.297. The van der Waals surface area contributed by atoms with Crippen molar-refractivity contribution in [3.63, 3.8) is 0 Å². The minimum Gasteiger partial charge on any atom is -0.302 e. The molecule has 0 aliphatic carbocycles. The van der Waals surface area contributed by atoms with Gasteiger partial charge in [-0.25, -0.2) is 9.37 Å². The number of aromatic nitrogens is 1. The molecule has 0 radical (unpaired) electrons. The summed E-state index contributed by atoms with van der Waals surface area (Å²) in [5.41, 5.74) is 4.03. The van der Waals surface area contributed by atoms with Crippen LogP contribution in [0.3, 0.4) is 0 Å². The van der Waals surface area contributed by atoms with Gasteiger partial charge in [0.05, 0.1) is 16.6 Å². The molecule has 1 aromatic heterocycles. The smallest absolute Gasteiger partial charge is 0.230 e. The van der Waals surface area contributed by atoms with E-state index in [4.69, 9.17) is 0 Å². The van der Waals surface area contributed by atoms with Crippen LogP contribution in [0, 0.1) is 19.7 Å². The van der Waals surface area contributed by atoms with Gasteiger partial charge < -0.3 is 5.32 Å². The van der Waals surface area contributed by atoms with E-state index in [9.17, 15) is 9.18 Å². The quantitative estimate of drug-likeness (QED) is 0.786. The molecule has 3 rings (SSSR count). The van der Waals surface area contributed by atoms with Crippen molar-refractivity contribution in [1.29, 1.82) is 0 Å². The molecule has 0 bridgehead atoms. The summed E-state index contributed by atoms with van der Waals surface area (Å²) >= 11 is 1.27. The highest BCUT2D eigenvalue weighted by Gasteiger charge is 2.09. The first-order chi connectivity index (χ1) is 10.5. The third-order valence-electron chi connectivity index (χ3n) is 3.53. The number of amides is 1. The SMILES string of the molecule is Cc1ccc(CC(=O)Nc2nc3ccc(F)cc3s2)cc1C. The van der Waals surface area contributed by atoms with E-state index in [1.54, 1.807) is 6.07 Å². The lowest BCUT2D eigenvalue weighted by Gasteiger charge is -2.05. The number of halogens is 1. The predicted octanol–water partition coefficient (Wildman–Crippen LogP) is 4.23. The molecule has 0 saturated carbocycles. The second-order valence-electron chi connectivity index (χ2n) is 5.27. The van der Waals surface area contributed by atoms with Gasteiger partial charge in [0.15, 0.2) is 5.13 Å². The molecule has 0 aliphatic rings. The second-order valence-corrected chi connectivity index (χ2v) is 6.31. The van der Waals surface area contributed by atoms with E-state index in [1.807, 2.05) is 32.0 Å². The number of thiazole rings is 1. The molecule has 1 heterocycles. The van der Waals surface area contributed by atoms with Crippen molar-refractivity contribution in [2.24, 2.45) is 0 Å². The number of carbonyl (C=O) groups is 1. The minimum atomic E-state index is -0.302. The Morgan fingerprint density at radius 3 is 2.77 bits per heavy atom. The van der Waals surface area contributed by atoms with Crippen LogP contribution in [0.1, 0.15) is 16.7 Å². The van der Waals surface area contributed by atoms with E-state index in [-0.39, 0.29) is 11.7 Å². The largest absolute Gasteiger partial charge is 0.302 e. The summed E-state index contributed by atoms with van der Waals surface area (Å²) in [6.45, 7) is 4.07. The van der Waals surface area contributed by atoms with Gasteiger partial charge in [0.25, 0.3) is 0 Å². The molecule has 2 aromatic carbocycles. The molecule has 0 aliphatic heterocycles. The zero-order chi connectivity index (χ0) is 15.7. The number of carbonyl (C=O) groups excluding carboxylic acids is 1. The summed E-state index contributed by atoms with van der Waals surface area (Å²) in [5.74, 6) is -0.424. The maximum atomic E-state index is 13.2. The van der Waals surface area contributed by atoms with Gasteiger partial charge in [-0.1, -0.05) is 29.5 Å². The van der Waals surface area contributed by atoms with Crippen LogP contribution in [0.15, 0.2) is 36.4 Å². The van der Waals surface area contributed by atoms with Gasteiger partial charge in [-0.15, -0.1) is 0 Å². The fourth-order valence-corrected chi connectivity index (χ4v) is 3.12. The predicted molar refractivity (Wildman–Crippen MR) is 87.8 cm³/mol. The van der Waals surface area contributed by atoms with Crippen LogP contribution < -0.4 is 5.32 Å². The van der Waals surface area contributed by atoms with E-state index >= 15 is 0 Å². The molecule has 0 fully saturated rings. The van der Waals surface area contributed by atoms with Crippen LogP contribution in [0.5, 0.6) is 0 Å². The summed E-state index contributed by atoms with van der Waals surface area (Å²) < 4.78 is 13.9. The van der Waals surface area contributed by atoms with Crippen molar-refractivity contribution < 1.29 is 9.18 Å². The average molecular weight is 314 g/mol. The Morgan fingerprint density at radius 2 is 2.00 bits per heavy atom. The van der Waals surface area contributed by atoms with Crippen LogP contribution in [-0.2, 0) is 11.2 Å². The lowest BCUT2D eigenvalue weighted by atomic mass is 10.0. The first-order valence-electron chi connectivity index (χ1n) is 6.93. The number of anilines is 1. The normalized spacial score (nSPS) is 10.9. The van der Waals surface area contributed by atoms with E-state index < -0.39 is 0 Å². The van der Waals surface area contributed by atoms with E-state index in [0.717, 1.165) is 10.3 Å². The van der Waals surface area contributed by atoms with Crippen LogP contribution in [0.4, 0.5) is 9.52 Å². The molecular formula is C17H15FN2OS. The molecule has 22 heavy (non-hydrogen) atoms. The molecule has 1 amide bonds. The molecule has 3 nitrogen and oxygen atoms in total. The molecule has 0 atom stereocenters. The molecule has 5 heteroatoms. The molecule has 0 saturated heterocycles. The van der Waals surface area contributed by atoms with E-state index in [1.165, 1.54) is 34.6 Å². The Hall–Kier alpha value is -2.27. The van der Waals surface area contributed by atoms with Crippen molar-refractivity contribution in [2.45, 2.75) is 20.3 Å². The number of fused-ring (bicyclic) bond motifs is 1. The monoisotopic (exact) mass is 314 g/mol. The van der Waals surface area contributed by atoms with Crippen LogP contribution in [0.2, 0.25) is 0 Å². The fraction of sp³-hybridized carbons (Fsp3) is 0.176. The lowest BCUT2D eigenvalue weighted by Crippen LogP contribution is -2.14. The van der Waals surface area contributed by atoms with Gasteiger partial charge in [0, 0.05) is 0 Å². The molecule has 1 N–H and O–H groups in total. The van der Waals surface area contributed by atoms with Gasteiger partial charge >= 0.3 is 0 Å². The minimum absolute atomic E-state index is 0.122. The number of aryl methyl sites for hydroxylation is 2. The Morgan fingerprint density at radius 1 is 1.18 bits per heavy atom. The van der Waals surface area contributed by atoms with Crippen molar-refractivity contribution >= 4 is 32.6 Å². The third kappa shape index (κ3) is 3.14. The summed E-state index contributed by atoms with van der Waals surface area (Å²) in [5, 5.41) is 3.27. The van der Waals surface area contributed by atoms with Crippen LogP contribution in [0.25, 0.3) is 10.2 Å². The zero-order valence-electron chi connectivity index (χ0n) is 12.3. The Bertz CT molecular complexity index is 857. The Kier molecular flexibility index (Phi) is 3.90. The number of hydrogen-bond acceptors (Lipinski definition) is 3. The van der Waals surface area contributed by atoms with Crippen molar-refractivity contribution in [3.05, 3.63) is 58.9 Å². The molecule has 0 spiro atoms. The highest BCUT2D eigenvalue weighted by Crippen LogP contribution is 2.26. The highest BCUT2D eigenvalue weighted by atomic mass is 32.1. The van der Waals surface area contributed by atoms with Gasteiger partial charge in [0.2, 0.25) is 5.91 Å². The van der Waals surface area contributed by atoms with Gasteiger partial charge in [-0.05, 0) is 48.7 Å². The fourth-order valence-electron chi connectivity index (χ4n) is 2.21.